The van der Waals surface area contributed by atoms with Crippen LogP contribution in [0.1, 0.15) is 35.2 Å². The highest BCUT2D eigenvalue weighted by Crippen LogP contribution is 2.26. The number of aliphatic carboxylic acids is 1. The molecule has 0 heterocycles. The lowest BCUT2D eigenvalue weighted by atomic mass is 10.0. The van der Waals surface area contributed by atoms with E-state index in [0.717, 1.165) is 24.9 Å². The van der Waals surface area contributed by atoms with Crippen LogP contribution in [0, 0.1) is 5.92 Å². The summed E-state index contributed by atoms with van der Waals surface area (Å²) < 4.78 is 0. The Bertz CT molecular complexity index is 516. The summed E-state index contributed by atoms with van der Waals surface area (Å²) in [5.41, 5.74) is 1.70. The molecule has 2 atom stereocenters. The predicted octanol–water partition coefficient (Wildman–Crippen LogP) is 1.43. The van der Waals surface area contributed by atoms with Crippen LogP contribution in [0.5, 0.6) is 0 Å². The van der Waals surface area contributed by atoms with Gasteiger partial charge in [0.15, 0.2) is 0 Å². The van der Waals surface area contributed by atoms with Gasteiger partial charge >= 0.3 is 5.97 Å². The predicted molar refractivity (Wildman–Crippen MR) is 80.3 cm³/mol. The summed E-state index contributed by atoms with van der Waals surface area (Å²) in [5, 5.41) is 15.1. The van der Waals surface area contributed by atoms with E-state index in [9.17, 15) is 9.59 Å². The van der Waals surface area contributed by atoms with Gasteiger partial charge in [-0.3, -0.25) is 9.59 Å². The zero-order valence-corrected chi connectivity index (χ0v) is 12.3. The number of benzene rings is 1. The number of carbonyl (C=O) groups is 2. The Morgan fingerprint density at radius 2 is 2.05 bits per heavy atom. The first-order chi connectivity index (χ1) is 10.1. The van der Waals surface area contributed by atoms with Crippen LogP contribution in [0.2, 0.25) is 0 Å². The van der Waals surface area contributed by atoms with Crippen molar-refractivity contribution in [1.82, 2.24) is 10.6 Å². The first kappa shape index (κ1) is 15.5. The van der Waals surface area contributed by atoms with Crippen molar-refractivity contribution in [2.75, 3.05) is 13.6 Å². The fourth-order valence-electron chi connectivity index (χ4n) is 2.82. The molecular formula is C16H22N2O3. The summed E-state index contributed by atoms with van der Waals surface area (Å²) in [6.07, 6.45) is 2.70. The molecule has 2 unspecified atom stereocenters. The average molecular weight is 290 g/mol. The van der Waals surface area contributed by atoms with Crippen LogP contribution in [-0.2, 0) is 11.2 Å². The standard InChI is InChI=1S/C16H22N2O3/c1-17-9-8-11-4-2-3-5-14(11)15(19)18-13-7-6-12(10-13)16(20)21/h2-5,12-13,17H,6-10H2,1H3,(H,18,19)(H,20,21). The summed E-state index contributed by atoms with van der Waals surface area (Å²) in [6, 6.07) is 7.53. The number of amides is 1. The second-order valence-corrected chi connectivity index (χ2v) is 5.53. The topological polar surface area (TPSA) is 78.4 Å². The number of rotatable bonds is 6. The Morgan fingerprint density at radius 1 is 1.29 bits per heavy atom. The van der Waals surface area contributed by atoms with Crippen molar-refractivity contribution in [1.29, 1.82) is 0 Å². The zero-order valence-electron chi connectivity index (χ0n) is 12.3. The molecule has 1 fully saturated rings. The zero-order chi connectivity index (χ0) is 15.2. The minimum atomic E-state index is -0.763. The summed E-state index contributed by atoms with van der Waals surface area (Å²) in [6.45, 7) is 0.814. The number of likely N-dealkylation sites (N-methyl/N-ethyl adjacent to an activating group) is 1. The van der Waals surface area contributed by atoms with E-state index in [1.165, 1.54) is 0 Å². The van der Waals surface area contributed by atoms with Crippen molar-refractivity contribution in [3.63, 3.8) is 0 Å². The molecule has 0 spiro atoms. The monoisotopic (exact) mass is 290 g/mol. The fraction of sp³-hybridized carbons (Fsp3) is 0.500. The second kappa shape index (κ2) is 7.22. The number of carbonyl (C=O) groups excluding carboxylic acids is 1. The number of hydrogen-bond donors (Lipinski definition) is 3. The third-order valence-corrected chi connectivity index (χ3v) is 4.02. The Balaban J connectivity index is 1.99. The first-order valence-electron chi connectivity index (χ1n) is 7.38. The van der Waals surface area contributed by atoms with Crippen LogP contribution >= 0.6 is 0 Å². The summed E-state index contributed by atoms with van der Waals surface area (Å²) in [5.74, 6) is -1.19. The highest BCUT2D eigenvalue weighted by Gasteiger charge is 2.30. The molecule has 0 aliphatic heterocycles. The van der Waals surface area contributed by atoms with Crippen molar-refractivity contribution < 1.29 is 14.7 Å². The van der Waals surface area contributed by atoms with Crippen LogP contribution in [-0.4, -0.2) is 36.6 Å². The van der Waals surface area contributed by atoms with Crippen LogP contribution in [0.15, 0.2) is 24.3 Å². The largest absolute Gasteiger partial charge is 0.481 e. The molecule has 0 radical (unpaired) electrons. The molecule has 1 amide bonds. The van der Waals surface area contributed by atoms with Gasteiger partial charge in [0.25, 0.3) is 5.91 Å². The second-order valence-electron chi connectivity index (χ2n) is 5.53. The Hall–Kier alpha value is -1.88. The Kier molecular flexibility index (Phi) is 5.33. The van der Waals surface area contributed by atoms with Gasteiger partial charge in [0.1, 0.15) is 0 Å². The molecule has 114 valence electrons. The van der Waals surface area contributed by atoms with Crippen molar-refractivity contribution >= 4 is 11.9 Å². The van der Waals surface area contributed by atoms with Gasteiger partial charge in [-0.2, -0.15) is 0 Å². The maximum absolute atomic E-state index is 12.4. The highest BCUT2D eigenvalue weighted by molar-refractivity contribution is 5.96. The number of carboxylic acids is 1. The van der Waals surface area contributed by atoms with Gasteiger partial charge in [-0.1, -0.05) is 18.2 Å². The van der Waals surface area contributed by atoms with E-state index < -0.39 is 5.97 Å². The molecule has 0 aromatic heterocycles. The van der Waals surface area contributed by atoms with Gasteiger partial charge in [-0.25, -0.2) is 0 Å². The maximum Gasteiger partial charge on any atom is 0.306 e. The Labute approximate surface area is 124 Å². The fourth-order valence-corrected chi connectivity index (χ4v) is 2.82. The third kappa shape index (κ3) is 4.04. The van der Waals surface area contributed by atoms with E-state index in [2.05, 4.69) is 10.6 Å². The van der Waals surface area contributed by atoms with E-state index in [0.29, 0.717) is 18.4 Å². The molecule has 5 heteroatoms. The van der Waals surface area contributed by atoms with E-state index in [1.54, 1.807) is 0 Å². The minimum Gasteiger partial charge on any atom is -0.481 e. The van der Waals surface area contributed by atoms with Gasteiger partial charge in [-0.15, -0.1) is 0 Å². The van der Waals surface area contributed by atoms with Gasteiger partial charge < -0.3 is 15.7 Å². The van der Waals surface area contributed by atoms with Gasteiger partial charge in [0.05, 0.1) is 5.92 Å². The molecule has 5 nitrogen and oxygen atoms in total. The lowest BCUT2D eigenvalue weighted by molar-refractivity contribution is -0.141. The van der Waals surface area contributed by atoms with Crippen molar-refractivity contribution in [2.24, 2.45) is 5.92 Å². The number of hydrogen-bond acceptors (Lipinski definition) is 3. The van der Waals surface area contributed by atoms with Crippen molar-refractivity contribution in [2.45, 2.75) is 31.7 Å². The van der Waals surface area contributed by atoms with E-state index in [1.807, 2.05) is 31.3 Å². The lowest BCUT2D eigenvalue weighted by Crippen LogP contribution is -2.34. The van der Waals surface area contributed by atoms with E-state index in [4.69, 9.17) is 5.11 Å². The number of carboxylic acid groups (broad SMARTS) is 1. The van der Waals surface area contributed by atoms with Crippen molar-refractivity contribution in [3.05, 3.63) is 35.4 Å². The third-order valence-electron chi connectivity index (χ3n) is 4.02. The molecule has 1 aliphatic carbocycles. The molecule has 1 aliphatic rings. The molecule has 2 rings (SSSR count). The molecule has 1 aromatic carbocycles. The van der Waals surface area contributed by atoms with Gasteiger partial charge in [0.2, 0.25) is 0 Å². The van der Waals surface area contributed by atoms with Crippen LogP contribution in [0.4, 0.5) is 0 Å². The van der Waals surface area contributed by atoms with Gasteiger partial charge in [-0.05, 0) is 50.9 Å². The summed E-state index contributed by atoms with van der Waals surface area (Å²) in [4.78, 5) is 23.3. The van der Waals surface area contributed by atoms with Crippen LogP contribution in [0.3, 0.4) is 0 Å². The van der Waals surface area contributed by atoms with Crippen LogP contribution in [0.25, 0.3) is 0 Å². The quantitative estimate of drug-likeness (QED) is 0.740. The maximum atomic E-state index is 12.4. The molecule has 21 heavy (non-hydrogen) atoms. The minimum absolute atomic E-state index is 0.0315. The normalized spacial score (nSPS) is 21.2. The molecular weight excluding hydrogens is 268 g/mol. The lowest BCUT2D eigenvalue weighted by Gasteiger charge is -2.14. The summed E-state index contributed by atoms with van der Waals surface area (Å²) >= 11 is 0. The van der Waals surface area contributed by atoms with Crippen molar-refractivity contribution in [3.8, 4) is 0 Å². The summed E-state index contributed by atoms with van der Waals surface area (Å²) in [7, 11) is 1.88. The van der Waals surface area contributed by atoms with E-state index in [-0.39, 0.29) is 17.9 Å². The highest BCUT2D eigenvalue weighted by atomic mass is 16.4. The van der Waals surface area contributed by atoms with Crippen LogP contribution < -0.4 is 10.6 Å². The molecule has 0 bridgehead atoms. The molecule has 0 saturated heterocycles. The SMILES string of the molecule is CNCCc1ccccc1C(=O)NC1CCC(C(=O)O)C1. The Morgan fingerprint density at radius 3 is 2.71 bits per heavy atom. The van der Waals surface area contributed by atoms with Gasteiger partial charge in [0, 0.05) is 11.6 Å². The molecule has 3 N–H and O–H groups in total. The smallest absolute Gasteiger partial charge is 0.306 e. The van der Waals surface area contributed by atoms with E-state index >= 15 is 0 Å². The average Bonchev–Trinajstić information content (AvgIpc) is 2.94. The molecule has 1 saturated carbocycles. The first-order valence-corrected chi connectivity index (χ1v) is 7.38. The molecule has 1 aromatic rings. The number of nitrogens with one attached hydrogen (secondary N) is 2.